The van der Waals surface area contributed by atoms with Gasteiger partial charge in [0.15, 0.2) is 0 Å². The molecule has 2 aliphatic carbocycles. The first-order chi connectivity index (χ1) is 6.75. The molecule has 2 saturated carbocycles. The summed E-state index contributed by atoms with van der Waals surface area (Å²) in [6, 6.07) is 1.07. The lowest BCUT2D eigenvalue weighted by atomic mass is 9.92. The second-order valence-corrected chi connectivity index (χ2v) is 5.24. The molecule has 0 aliphatic heterocycles. The molecule has 0 aromatic rings. The van der Waals surface area contributed by atoms with Gasteiger partial charge in [-0.1, -0.05) is 19.8 Å². The molecule has 2 nitrogen and oxygen atoms in total. The Morgan fingerprint density at radius 2 is 1.86 bits per heavy atom. The zero-order valence-corrected chi connectivity index (χ0v) is 9.21. The van der Waals surface area contributed by atoms with E-state index < -0.39 is 0 Å². The molecular formula is C12H23NO. The van der Waals surface area contributed by atoms with Crippen LogP contribution < -0.4 is 5.32 Å². The lowest BCUT2D eigenvalue weighted by molar-refractivity contribution is 0.0850. The van der Waals surface area contributed by atoms with Crippen molar-refractivity contribution in [2.75, 3.05) is 0 Å². The molecule has 2 N–H and O–H groups in total. The first-order valence-electron chi connectivity index (χ1n) is 6.20. The van der Waals surface area contributed by atoms with E-state index in [0.717, 1.165) is 12.3 Å². The molecule has 0 spiro atoms. The third kappa shape index (κ3) is 2.48. The first kappa shape index (κ1) is 10.4. The van der Waals surface area contributed by atoms with Crippen LogP contribution in [0.15, 0.2) is 0 Å². The molecule has 0 radical (unpaired) electrons. The molecule has 0 heterocycles. The third-order valence-electron chi connectivity index (χ3n) is 3.87. The predicted molar refractivity (Wildman–Crippen MR) is 58.2 cm³/mol. The Kier molecular flexibility index (Phi) is 3.45. The highest BCUT2D eigenvalue weighted by Gasteiger charge is 2.28. The van der Waals surface area contributed by atoms with Crippen LogP contribution in [0.5, 0.6) is 0 Å². The lowest BCUT2D eigenvalue weighted by Gasteiger charge is -2.31. The van der Waals surface area contributed by atoms with Crippen molar-refractivity contribution in [3.8, 4) is 0 Å². The maximum Gasteiger partial charge on any atom is 0.0693 e. The van der Waals surface area contributed by atoms with Gasteiger partial charge in [-0.05, 0) is 38.0 Å². The third-order valence-corrected chi connectivity index (χ3v) is 3.87. The van der Waals surface area contributed by atoms with Crippen molar-refractivity contribution in [1.82, 2.24) is 5.32 Å². The number of aliphatic hydroxyl groups excluding tert-OH is 1. The van der Waals surface area contributed by atoms with Crippen LogP contribution in [0.2, 0.25) is 0 Å². The van der Waals surface area contributed by atoms with Gasteiger partial charge < -0.3 is 10.4 Å². The van der Waals surface area contributed by atoms with E-state index in [1.165, 1.54) is 38.5 Å². The van der Waals surface area contributed by atoms with Gasteiger partial charge in [-0.15, -0.1) is 0 Å². The van der Waals surface area contributed by atoms with Crippen molar-refractivity contribution in [3.05, 3.63) is 0 Å². The van der Waals surface area contributed by atoms with Gasteiger partial charge in [0.25, 0.3) is 0 Å². The molecule has 0 aromatic carbocycles. The van der Waals surface area contributed by atoms with E-state index in [1.54, 1.807) is 0 Å². The van der Waals surface area contributed by atoms with Crippen molar-refractivity contribution >= 4 is 0 Å². The Bertz CT molecular complexity index is 183. The molecule has 2 rings (SSSR count). The zero-order valence-electron chi connectivity index (χ0n) is 9.21. The number of rotatable bonds is 2. The average Bonchev–Trinajstić information content (AvgIpc) is 2.56. The molecule has 2 fully saturated rings. The second-order valence-electron chi connectivity index (χ2n) is 5.24. The van der Waals surface area contributed by atoms with Crippen molar-refractivity contribution < 1.29 is 5.11 Å². The van der Waals surface area contributed by atoms with E-state index in [0.29, 0.717) is 12.1 Å². The fraction of sp³-hybridized carbons (Fsp3) is 1.00. The van der Waals surface area contributed by atoms with Gasteiger partial charge in [-0.2, -0.15) is 0 Å². The van der Waals surface area contributed by atoms with Crippen LogP contribution >= 0.6 is 0 Å². The molecule has 82 valence electrons. The van der Waals surface area contributed by atoms with E-state index in [1.807, 2.05) is 0 Å². The van der Waals surface area contributed by atoms with Crippen LogP contribution in [0.1, 0.15) is 51.9 Å². The molecule has 14 heavy (non-hydrogen) atoms. The zero-order chi connectivity index (χ0) is 9.97. The highest BCUT2D eigenvalue weighted by Crippen LogP contribution is 2.27. The molecule has 2 heteroatoms. The molecule has 0 saturated heterocycles. The normalized spacial score (nSPS) is 44.1. The van der Waals surface area contributed by atoms with Crippen molar-refractivity contribution in [3.63, 3.8) is 0 Å². The maximum absolute atomic E-state index is 9.83. The molecule has 0 amide bonds. The summed E-state index contributed by atoms with van der Waals surface area (Å²) >= 11 is 0. The van der Waals surface area contributed by atoms with Crippen molar-refractivity contribution in [1.29, 1.82) is 0 Å². The summed E-state index contributed by atoms with van der Waals surface area (Å²) in [6.45, 7) is 2.33. The van der Waals surface area contributed by atoms with Crippen LogP contribution in [0, 0.1) is 5.92 Å². The minimum Gasteiger partial charge on any atom is -0.392 e. The summed E-state index contributed by atoms with van der Waals surface area (Å²) in [4.78, 5) is 0. The summed E-state index contributed by atoms with van der Waals surface area (Å²) in [5.41, 5.74) is 0. The summed E-state index contributed by atoms with van der Waals surface area (Å²) in [5.74, 6) is 0.883. The van der Waals surface area contributed by atoms with Crippen LogP contribution in [0.4, 0.5) is 0 Å². The average molecular weight is 197 g/mol. The van der Waals surface area contributed by atoms with E-state index in [9.17, 15) is 5.11 Å². The number of aliphatic hydroxyl groups is 1. The van der Waals surface area contributed by atoms with Gasteiger partial charge in [0.05, 0.1) is 6.10 Å². The summed E-state index contributed by atoms with van der Waals surface area (Å²) < 4.78 is 0. The monoisotopic (exact) mass is 197 g/mol. The Hall–Kier alpha value is -0.0800. The second kappa shape index (κ2) is 4.63. The van der Waals surface area contributed by atoms with E-state index >= 15 is 0 Å². The minimum absolute atomic E-state index is 0.0837. The van der Waals surface area contributed by atoms with Crippen LogP contribution in [-0.4, -0.2) is 23.3 Å². The fourth-order valence-electron chi connectivity index (χ4n) is 2.97. The topological polar surface area (TPSA) is 32.3 Å². The molecule has 2 aliphatic rings. The van der Waals surface area contributed by atoms with E-state index in [-0.39, 0.29) is 6.10 Å². The highest BCUT2D eigenvalue weighted by atomic mass is 16.3. The van der Waals surface area contributed by atoms with Gasteiger partial charge in [-0.25, -0.2) is 0 Å². The standard InChI is InChI=1S/C12H23NO/c1-9-6-7-10(8-9)13-11-4-2-3-5-12(11)14/h9-14H,2-8H2,1H3/t9-,10-,11+,12-/m0/s1. The van der Waals surface area contributed by atoms with E-state index in [4.69, 9.17) is 0 Å². The fourth-order valence-corrected chi connectivity index (χ4v) is 2.97. The molecule has 4 atom stereocenters. The highest BCUT2D eigenvalue weighted by molar-refractivity contribution is 4.86. The molecule has 0 bridgehead atoms. The Balaban J connectivity index is 1.78. The van der Waals surface area contributed by atoms with Gasteiger partial charge in [0, 0.05) is 12.1 Å². The predicted octanol–water partition coefficient (Wildman–Crippen LogP) is 2.07. The minimum atomic E-state index is -0.0837. The Morgan fingerprint density at radius 1 is 1.07 bits per heavy atom. The van der Waals surface area contributed by atoms with Crippen LogP contribution in [0.25, 0.3) is 0 Å². The number of hydrogen-bond donors (Lipinski definition) is 2. The Labute approximate surface area is 87.1 Å². The summed E-state index contributed by atoms with van der Waals surface area (Å²) in [7, 11) is 0. The maximum atomic E-state index is 9.83. The number of nitrogens with one attached hydrogen (secondary N) is 1. The van der Waals surface area contributed by atoms with Crippen LogP contribution in [0.3, 0.4) is 0 Å². The largest absolute Gasteiger partial charge is 0.392 e. The van der Waals surface area contributed by atoms with Crippen molar-refractivity contribution in [2.45, 2.75) is 70.1 Å². The summed E-state index contributed by atoms with van der Waals surface area (Å²) in [5, 5.41) is 13.5. The quantitative estimate of drug-likeness (QED) is 0.710. The van der Waals surface area contributed by atoms with Gasteiger partial charge in [0.2, 0.25) is 0 Å². The smallest absolute Gasteiger partial charge is 0.0693 e. The molecular weight excluding hydrogens is 174 g/mol. The van der Waals surface area contributed by atoms with E-state index in [2.05, 4.69) is 12.2 Å². The SMILES string of the molecule is C[C@H]1CC[C@H](N[C@@H]2CCCC[C@@H]2O)C1. The summed E-state index contributed by atoms with van der Waals surface area (Å²) in [6.07, 6.45) is 8.57. The van der Waals surface area contributed by atoms with Crippen molar-refractivity contribution in [2.24, 2.45) is 5.92 Å². The van der Waals surface area contributed by atoms with Crippen LogP contribution in [-0.2, 0) is 0 Å². The first-order valence-corrected chi connectivity index (χ1v) is 6.20. The Morgan fingerprint density at radius 3 is 2.50 bits per heavy atom. The van der Waals surface area contributed by atoms with Gasteiger partial charge >= 0.3 is 0 Å². The molecule has 0 aromatic heterocycles. The number of hydrogen-bond acceptors (Lipinski definition) is 2. The molecule has 0 unspecified atom stereocenters. The van der Waals surface area contributed by atoms with Gasteiger partial charge in [-0.3, -0.25) is 0 Å². The lowest BCUT2D eigenvalue weighted by Crippen LogP contribution is -2.46. The van der Waals surface area contributed by atoms with Gasteiger partial charge in [0.1, 0.15) is 0 Å².